The van der Waals surface area contributed by atoms with E-state index >= 15 is 0 Å². The second kappa shape index (κ2) is 5.84. The molecule has 0 bridgehead atoms. The summed E-state index contributed by atoms with van der Waals surface area (Å²) < 4.78 is 5.29. The Morgan fingerprint density at radius 1 is 1.44 bits per heavy atom. The van der Waals surface area contributed by atoms with Crippen molar-refractivity contribution in [3.05, 3.63) is 40.4 Å². The van der Waals surface area contributed by atoms with Gasteiger partial charge < -0.3 is 10.5 Å². The Labute approximate surface area is 110 Å². The fraction of sp³-hybridized carbons (Fsp3) is 0.333. The van der Waals surface area contributed by atoms with Crippen LogP contribution in [0.15, 0.2) is 18.2 Å². The van der Waals surface area contributed by atoms with Gasteiger partial charge in [0, 0.05) is 23.4 Å². The molecule has 0 radical (unpaired) electrons. The monoisotopic (exact) mass is 266 g/mol. The van der Waals surface area contributed by atoms with Gasteiger partial charge in [-0.15, -0.1) is 0 Å². The average molecular weight is 267 g/mol. The molecule has 0 unspecified atom stereocenters. The first-order chi connectivity index (χ1) is 8.72. The standard InChI is InChI=1S/C12H15ClN4O/c1-18-10-3-2-9(13)6-8(10)7-12-15-11(4-5-14)16-17-12/h2-3,6H,4-5,7,14H2,1H3,(H,15,16,17). The number of nitrogens with one attached hydrogen (secondary N) is 1. The molecule has 1 aromatic carbocycles. The maximum atomic E-state index is 5.98. The first-order valence-electron chi connectivity index (χ1n) is 5.65. The van der Waals surface area contributed by atoms with E-state index in [4.69, 9.17) is 22.1 Å². The van der Waals surface area contributed by atoms with Crippen LogP contribution in [0.25, 0.3) is 0 Å². The number of hydrogen-bond acceptors (Lipinski definition) is 4. The fourth-order valence-electron chi connectivity index (χ4n) is 1.72. The molecule has 0 spiro atoms. The van der Waals surface area contributed by atoms with Crippen LogP contribution in [0.3, 0.4) is 0 Å². The van der Waals surface area contributed by atoms with Crippen LogP contribution in [0.1, 0.15) is 17.2 Å². The summed E-state index contributed by atoms with van der Waals surface area (Å²) in [6.07, 6.45) is 1.27. The summed E-state index contributed by atoms with van der Waals surface area (Å²) in [6.45, 7) is 0.539. The quantitative estimate of drug-likeness (QED) is 0.861. The number of halogens is 1. The van der Waals surface area contributed by atoms with Crippen molar-refractivity contribution in [1.82, 2.24) is 15.2 Å². The Hall–Kier alpha value is -1.59. The zero-order valence-electron chi connectivity index (χ0n) is 10.1. The lowest BCUT2D eigenvalue weighted by atomic mass is 10.1. The van der Waals surface area contributed by atoms with Crippen LogP contribution >= 0.6 is 11.6 Å². The van der Waals surface area contributed by atoms with Crippen molar-refractivity contribution in [2.45, 2.75) is 12.8 Å². The van der Waals surface area contributed by atoms with Crippen LogP contribution in [0, 0.1) is 0 Å². The highest BCUT2D eigenvalue weighted by molar-refractivity contribution is 6.30. The molecule has 0 aliphatic carbocycles. The number of ether oxygens (including phenoxy) is 1. The number of methoxy groups -OCH3 is 1. The molecule has 2 aromatic rings. The van der Waals surface area contributed by atoms with Gasteiger partial charge >= 0.3 is 0 Å². The van der Waals surface area contributed by atoms with Gasteiger partial charge in [0.15, 0.2) is 5.82 Å². The van der Waals surface area contributed by atoms with Crippen molar-refractivity contribution in [2.75, 3.05) is 13.7 Å². The van der Waals surface area contributed by atoms with E-state index in [1.807, 2.05) is 12.1 Å². The maximum absolute atomic E-state index is 5.98. The van der Waals surface area contributed by atoms with Gasteiger partial charge in [0.1, 0.15) is 11.6 Å². The number of aromatic nitrogens is 3. The minimum atomic E-state index is 0.539. The van der Waals surface area contributed by atoms with Crippen LogP contribution in [-0.2, 0) is 12.8 Å². The van der Waals surface area contributed by atoms with Gasteiger partial charge in [-0.25, -0.2) is 4.98 Å². The van der Waals surface area contributed by atoms with Crippen molar-refractivity contribution in [1.29, 1.82) is 0 Å². The molecule has 0 amide bonds. The highest BCUT2D eigenvalue weighted by atomic mass is 35.5. The number of H-pyrrole nitrogens is 1. The highest BCUT2D eigenvalue weighted by Gasteiger charge is 2.08. The van der Waals surface area contributed by atoms with Gasteiger partial charge in [-0.3, -0.25) is 5.10 Å². The second-order valence-corrected chi connectivity index (χ2v) is 4.31. The van der Waals surface area contributed by atoms with E-state index in [1.54, 1.807) is 13.2 Å². The molecule has 1 aromatic heterocycles. The molecule has 0 fully saturated rings. The smallest absolute Gasteiger partial charge is 0.151 e. The zero-order valence-corrected chi connectivity index (χ0v) is 10.9. The topological polar surface area (TPSA) is 76.8 Å². The molecule has 18 heavy (non-hydrogen) atoms. The second-order valence-electron chi connectivity index (χ2n) is 3.87. The molecule has 0 saturated carbocycles. The average Bonchev–Trinajstić information content (AvgIpc) is 2.77. The summed E-state index contributed by atoms with van der Waals surface area (Å²) in [4.78, 5) is 4.36. The van der Waals surface area contributed by atoms with Crippen LogP contribution in [0.4, 0.5) is 0 Å². The Morgan fingerprint density at radius 2 is 2.28 bits per heavy atom. The number of nitrogens with two attached hydrogens (primary N) is 1. The molecule has 0 atom stereocenters. The van der Waals surface area contributed by atoms with Crippen LogP contribution < -0.4 is 10.5 Å². The molecule has 5 nitrogen and oxygen atoms in total. The minimum absolute atomic E-state index is 0.539. The summed E-state index contributed by atoms with van der Waals surface area (Å²) in [7, 11) is 1.63. The first kappa shape index (κ1) is 12.9. The number of hydrogen-bond donors (Lipinski definition) is 2. The minimum Gasteiger partial charge on any atom is -0.496 e. The molecular formula is C12H15ClN4O. The first-order valence-corrected chi connectivity index (χ1v) is 6.03. The van der Waals surface area contributed by atoms with E-state index in [0.717, 1.165) is 23.0 Å². The van der Waals surface area contributed by atoms with Crippen molar-refractivity contribution in [3.63, 3.8) is 0 Å². The summed E-state index contributed by atoms with van der Waals surface area (Å²) in [5.74, 6) is 2.30. The third-order valence-electron chi connectivity index (χ3n) is 2.55. The van der Waals surface area contributed by atoms with Crippen molar-refractivity contribution >= 4 is 11.6 Å². The summed E-state index contributed by atoms with van der Waals surface area (Å²) in [5.41, 5.74) is 6.43. The summed E-state index contributed by atoms with van der Waals surface area (Å²) in [5, 5.41) is 7.66. The van der Waals surface area contributed by atoms with E-state index in [-0.39, 0.29) is 0 Å². The van der Waals surface area contributed by atoms with E-state index in [2.05, 4.69) is 15.2 Å². The van der Waals surface area contributed by atoms with Crippen molar-refractivity contribution in [3.8, 4) is 5.75 Å². The van der Waals surface area contributed by atoms with E-state index in [1.165, 1.54) is 0 Å². The number of aromatic amines is 1. The fourth-order valence-corrected chi connectivity index (χ4v) is 1.92. The Morgan fingerprint density at radius 3 is 3.00 bits per heavy atom. The summed E-state index contributed by atoms with van der Waals surface area (Å²) in [6, 6.07) is 5.50. The van der Waals surface area contributed by atoms with Crippen LogP contribution in [0.5, 0.6) is 5.75 Å². The molecule has 6 heteroatoms. The molecule has 3 N–H and O–H groups in total. The number of nitrogens with zero attached hydrogens (tertiary/aromatic N) is 2. The lowest BCUT2D eigenvalue weighted by Gasteiger charge is -2.07. The number of benzene rings is 1. The largest absolute Gasteiger partial charge is 0.496 e. The predicted molar refractivity (Wildman–Crippen MR) is 70.0 cm³/mol. The predicted octanol–water partition coefficient (Wildman–Crippen LogP) is 1.56. The van der Waals surface area contributed by atoms with Gasteiger partial charge in [-0.1, -0.05) is 11.6 Å². The Bertz CT molecular complexity index is 527. The van der Waals surface area contributed by atoms with Gasteiger partial charge in [0.25, 0.3) is 0 Å². The maximum Gasteiger partial charge on any atom is 0.151 e. The molecule has 0 saturated heterocycles. The molecule has 2 rings (SSSR count). The highest BCUT2D eigenvalue weighted by Crippen LogP contribution is 2.24. The van der Waals surface area contributed by atoms with E-state index in [0.29, 0.717) is 24.4 Å². The SMILES string of the molecule is COc1ccc(Cl)cc1Cc1nc(CCN)n[nH]1. The third kappa shape index (κ3) is 3.00. The van der Waals surface area contributed by atoms with Crippen LogP contribution in [0.2, 0.25) is 5.02 Å². The number of rotatable bonds is 5. The Balaban J connectivity index is 2.19. The van der Waals surface area contributed by atoms with Crippen molar-refractivity contribution < 1.29 is 4.74 Å². The molecule has 96 valence electrons. The zero-order chi connectivity index (χ0) is 13.0. The normalized spacial score (nSPS) is 10.6. The van der Waals surface area contributed by atoms with Gasteiger partial charge in [-0.05, 0) is 24.7 Å². The van der Waals surface area contributed by atoms with E-state index in [9.17, 15) is 0 Å². The van der Waals surface area contributed by atoms with Gasteiger partial charge in [-0.2, -0.15) is 5.10 Å². The lowest BCUT2D eigenvalue weighted by Crippen LogP contribution is -2.04. The van der Waals surface area contributed by atoms with Gasteiger partial charge in [0.05, 0.1) is 7.11 Å². The van der Waals surface area contributed by atoms with Gasteiger partial charge in [0.2, 0.25) is 0 Å². The summed E-state index contributed by atoms with van der Waals surface area (Å²) >= 11 is 5.98. The van der Waals surface area contributed by atoms with E-state index < -0.39 is 0 Å². The van der Waals surface area contributed by atoms with Crippen molar-refractivity contribution in [2.24, 2.45) is 5.73 Å². The molecule has 1 heterocycles. The molecule has 0 aliphatic rings. The van der Waals surface area contributed by atoms with Crippen LogP contribution in [-0.4, -0.2) is 28.8 Å². The molecular weight excluding hydrogens is 252 g/mol. The molecule has 0 aliphatic heterocycles. The lowest BCUT2D eigenvalue weighted by molar-refractivity contribution is 0.410. The third-order valence-corrected chi connectivity index (χ3v) is 2.78. The Kier molecular flexibility index (Phi) is 4.17.